The third-order valence-electron chi connectivity index (χ3n) is 4.54. The van der Waals surface area contributed by atoms with Crippen molar-refractivity contribution in [2.45, 2.75) is 26.8 Å². The molecular weight excluding hydrogens is 446 g/mol. The molecule has 0 aliphatic rings. The molecule has 1 heterocycles. The number of halogens is 1. The van der Waals surface area contributed by atoms with Gasteiger partial charge in [-0.3, -0.25) is 18.5 Å². The van der Waals surface area contributed by atoms with E-state index in [1.54, 1.807) is 41.8 Å². The molecule has 2 aromatic carbocycles. The highest BCUT2D eigenvalue weighted by atomic mass is 35.5. The number of nitrogens with one attached hydrogen (secondary N) is 1. The number of aromatic nitrogens is 1. The number of sulfonamides is 1. The van der Waals surface area contributed by atoms with E-state index in [0.717, 1.165) is 37.7 Å². The second-order valence-corrected chi connectivity index (χ2v) is 10.6. The molecule has 1 N–H and O–H groups in total. The summed E-state index contributed by atoms with van der Waals surface area (Å²) >= 11 is 7.22. The van der Waals surface area contributed by atoms with Gasteiger partial charge in [0, 0.05) is 16.8 Å². The summed E-state index contributed by atoms with van der Waals surface area (Å²) in [4.78, 5) is 24.7. The highest BCUT2D eigenvalue weighted by Gasteiger charge is 2.22. The van der Waals surface area contributed by atoms with Crippen LogP contribution >= 0.6 is 22.9 Å². The van der Waals surface area contributed by atoms with Crippen LogP contribution in [0.4, 0.5) is 11.4 Å². The van der Waals surface area contributed by atoms with Crippen molar-refractivity contribution in [3.8, 4) is 0 Å². The number of rotatable bonds is 6. The molecular formula is C20H22ClN3O4S2. The van der Waals surface area contributed by atoms with Crippen LogP contribution in [0.5, 0.6) is 0 Å². The molecule has 0 atom stereocenters. The fourth-order valence-electron chi connectivity index (χ4n) is 3.07. The van der Waals surface area contributed by atoms with Gasteiger partial charge in [-0.15, -0.1) is 0 Å². The number of nitrogens with zero attached hydrogens (tertiary/aromatic N) is 2. The van der Waals surface area contributed by atoms with E-state index in [2.05, 4.69) is 5.32 Å². The van der Waals surface area contributed by atoms with Gasteiger partial charge in [0.05, 0.1) is 22.2 Å². The lowest BCUT2D eigenvalue weighted by Crippen LogP contribution is -2.37. The first kappa shape index (κ1) is 22.3. The third-order valence-corrected chi connectivity index (χ3v) is 7.01. The summed E-state index contributed by atoms with van der Waals surface area (Å²) in [6.45, 7) is 5.26. The Hall–Kier alpha value is -2.36. The predicted octanol–water partition coefficient (Wildman–Crippen LogP) is 4.01. The van der Waals surface area contributed by atoms with E-state index in [1.165, 1.54) is 6.07 Å². The number of amides is 1. The molecule has 0 spiro atoms. The Bertz CT molecular complexity index is 1280. The summed E-state index contributed by atoms with van der Waals surface area (Å²) in [7, 11) is -3.71. The van der Waals surface area contributed by atoms with Crippen LogP contribution in [0.3, 0.4) is 0 Å². The zero-order chi connectivity index (χ0) is 22.2. The number of carbonyl (C=O) groups excluding carboxylic acids is 1. The lowest BCUT2D eigenvalue weighted by molar-refractivity contribution is -0.114. The Morgan fingerprint density at radius 3 is 2.53 bits per heavy atom. The largest absolute Gasteiger partial charge is 0.324 e. The van der Waals surface area contributed by atoms with Gasteiger partial charge in [0.2, 0.25) is 15.9 Å². The smallest absolute Gasteiger partial charge is 0.308 e. The first-order valence-electron chi connectivity index (χ1n) is 9.16. The standard InChI is InChI=1S/C20H22ClN3O4S2/c1-12(2)24-17-8-6-14(9-18(17)29-20(24)26)22-19(25)11-23(30(4,27)28)15-7-5-13(3)16(21)10-15/h5-10,12H,11H2,1-4H3,(H,22,25). The molecule has 160 valence electrons. The van der Waals surface area contributed by atoms with Crippen molar-refractivity contribution in [1.29, 1.82) is 0 Å². The lowest BCUT2D eigenvalue weighted by atomic mass is 10.2. The van der Waals surface area contributed by atoms with E-state index >= 15 is 0 Å². The van der Waals surface area contributed by atoms with Crippen LogP contribution in [-0.2, 0) is 14.8 Å². The van der Waals surface area contributed by atoms with Gasteiger partial charge in [0.1, 0.15) is 6.54 Å². The molecule has 0 saturated heterocycles. The van der Waals surface area contributed by atoms with Gasteiger partial charge in [-0.2, -0.15) is 0 Å². The fourth-order valence-corrected chi connectivity index (χ4v) is 5.15. The Morgan fingerprint density at radius 2 is 1.93 bits per heavy atom. The number of hydrogen-bond acceptors (Lipinski definition) is 5. The van der Waals surface area contributed by atoms with Crippen LogP contribution in [0, 0.1) is 6.92 Å². The maximum Gasteiger partial charge on any atom is 0.308 e. The molecule has 1 aromatic heterocycles. The quantitative estimate of drug-likeness (QED) is 0.593. The Kier molecular flexibility index (Phi) is 6.26. The predicted molar refractivity (Wildman–Crippen MR) is 123 cm³/mol. The number of benzene rings is 2. The average molecular weight is 468 g/mol. The SMILES string of the molecule is Cc1ccc(N(CC(=O)Nc2ccc3c(c2)sc(=O)n3C(C)C)S(C)(=O)=O)cc1Cl. The van der Waals surface area contributed by atoms with E-state index in [-0.39, 0.29) is 10.9 Å². The molecule has 3 aromatic rings. The maximum absolute atomic E-state index is 12.6. The zero-order valence-electron chi connectivity index (χ0n) is 17.0. The van der Waals surface area contributed by atoms with E-state index in [4.69, 9.17) is 11.6 Å². The Labute approximate surface area is 183 Å². The number of hydrogen-bond donors (Lipinski definition) is 1. The van der Waals surface area contributed by atoms with Crippen LogP contribution < -0.4 is 14.5 Å². The zero-order valence-corrected chi connectivity index (χ0v) is 19.4. The fraction of sp³-hybridized carbons (Fsp3) is 0.300. The van der Waals surface area contributed by atoms with E-state index in [9.17, 15) is 18.0 Å². The summed E-state index contributed by atoms with van der Waals surface area (Å²) in [5.74, 6) is -0.507. The first-order chi connectivity index (χ1) is 14.0. The van der Waals surface area contributed by atoms with Crippen LogP contribution in [0.15, 0.2) is 41.2 Å². The summed E-state index contributed by atoms with van der Waals surface area (Å²) in [6, 6.07) is 10.0. The number of thiazole rings is 1. The Balaban J connectivity index is 1.85. The third kappa shape index (κ3) is 4.69. The molecule has 0 aliphatic carbocycles. The van der Waals surface area contributed by atoms with Crippen LogP contribution in [0.1, 0.15) is 25.5 Å². The van der Waals surface area contributed by atoms with Crippen molar-refractivity contribution in [3.05, 3.63) is 56.7 Å². The maximum atomic E-state index is 12.6. The molecule has 0 bridgehead atoms. The first-order valence-corrected chi connectivity index (χ1v) is 12.2. The lowest BCUT2D eigenvalue weighted by Gasteiger charge is -2.22. The number of anilines is 2. The van der Waals surface area contributed by atoms with Gasteiger partial charge >= 0.3 is 4.87 Å². The minimum absolute atomic E-state index is 0.0244. The molecule has 0 unspecified atom stereocenters. The van der Waals surface area contributed by atoms with Crippen molar-refractivity contribution in [1.82, 2.24) is 4.57 Å². The highest BCUT2D eigenvalue weighted by Crippen LogP contribution is 2.26. The van der Waals surface area contributed by atoms with Crippen molar-refractivity contribution >= 4 is 60.5 Å². The van der Waals surface area contributed by atoms with Crippen molar-refractivity contribution < 1.29 is 13.2 Å². The molecule has 1 amide bonds. The summed E-state index contributed by atoms with van der Waals surface area (Å²) in [5, 5.41) is 3.12. The van der Waals surface area contributed by atoms with Gasteiger partial charge in [-0.1, -0.05) is 29.0 Å². The van der Waals surface area contributed by atoms with Crippen LogP contribution in [0.25, 0.3) is 10.2 Å². The second kappa shape index (κ2) is 8.41. The van der Waals surface area contributed by atoms with Gasteiger partial charge < -0.3 is 5.32 Å². The average Bonchev–Trinajstić information content (AvgIpc) is 2.96. The molecule has 7 nitrogen and oxygen atoms in total. The van der Waals surface area contributed by atoms with Gasteiger partial charge in [-0.05, 0) is 56.7 Å². The minimum atomic E-state index is -3.71. The Morgan fingerprint density at radius 1 is 1.23 bits per heavy atom. The number of aryl methyl sites for hydroxylation is 1. The molecule has 0 fully saturated rings. The normalized spacial score (nSPS) is 11.8. The molecule has 0 aliphatic heterocycles. The second-order valence-electron chi connectivity index (χ2n) is 7.27. The van der Waals surface area contributed by atoms with Gasteiger partial charge in [0.15, 0.2) is 0 Å². The van der Waals surface area contributed by atoms with Gasteiger partial charge in [-0.25, -0.2) is 8.42 Å². The van der Waals surface area contributed by atoms with E-state index in [1.807, 2.05) is 13.8 Å². The monoisotopic (exact) mass is 467 g/mol. The summed E-state index contributed by atoms with van der Waals surface area (Å²) < 4.78 is 28.0. The van der Waals surface area contributed by atoms with Crippen molar-refractivity contribution in [2.24, 2.45) is 0 Å². The minimum Gasteiger partial charge on any atom is -0.324 e. The van der Waals surface area contributed by atoms with Crippen molar-refractivity contribution in [3.63, 3.8) is 0 Å². The topological polar surface area (TPSA) is 88.5 Å². The molecule has 0 radical (unpaired) electrons. The van der Waals surface area contributed by atoms with E-state index < -0.39 is 22.5 Å². The van der Waals surface area contributed by atoms with Crippen LogP contribution in [0.2, 0.25) is 5.02 Å². The number of fused-ring (bicyclic) bond motifs is 1. The van der Waals surface area contributed by atoms with Crippen LogP contribution in [-0.4, -0.2) is 31.7 Å². The summed E-state index contributed by atoms with van der Waals surface area (Å²) in [6.07, 6.45) is 1.03. The summed E-state index contributed by atoms with van der Waals surface area (Å²) in [5.41, 5.74) is 2.40. The molecule has 0 saturated carbocycles. The van der Waals surface area contributed by atoms with E-state index in [0.29, 0.717) is 16.4 Å². The molecule has 10 heteroatoms. The molecule has 3 rings (SSSR count). The van der Waals surface area contributed by atoms with Crippen molar-refractivity contribution in [2.75, 3.05) is 22.4 Å². The van der Waals surface area contributed by atoms with Gasteiger partial charge in [0.25, 0.3) is 0 Å². The number of carbonyl (C=O) groups is 1. The molecule has 30 heavy (non-hydrogen) atoms. The highest BCUT2D eigenvalue weighted by molar-refractivity contribution is 7.92.